The van der Waals surface area contributed by atoms with Crippen molar-refractivity contribution in [3.63, 3.8) is 0 Å². The molecule has 1 aromatic heterocycles. The molecule has 1 saturated carbocycles. The number of rotatable bonds is 3. The predicted molar refractivity (Wildman–Crippen MR) is 85.9 cm³/mol. The summed E-state index contributed by atoms with van der Waals surface area (Å²) in [6.45, 7) is 3.00. The van der Waals surface area contributed by atoms with Gasteiger partial charge in [0.25, 0.3) is 0 Å². The van der Waals surface area contributed by atoms with Crippen LogP contribution in [0, 0.1) is 12.8 Å². The van der Waals surface area contributed by atoms with Gasteiger partial charge in [-0.2, -0.15) is 0 Å². The Labute approximate surface area is 136 Å². The molecule has 3 rings (SSSR count). The minimum absolute atomic E-state index is 0.0608. The summed E-state index contributed by atoms with van der Waals surface area (Å²) in [6, 6.07) is -0.177. The van der Waals surface area contributed by atoms with E-state index >= 15 is 0 Å². The average Bonchev–Trinajstić information content (AvgIpc) is 2.79. The second-order valence-corrected chi connectivity index (χ2v) is 6.76. The molecule has 0 aromatic carbocycles. The van der Waals surface area contributed by atoms with E-state index in [2.05, 4.69) is 25.4 Å². The summed E-state index contributed by atoms with van der Waals surface area (Å²) in [5.41, 5.74) is 0. The fourth-order valence-corrected chi connectivity index (χ4v) is 3.81. The number of hydrogen-bond acceptors (Lipinski definition) is 4. The summed E-state index contributed by atoms with van der Waals surface area (Å²) in [6.07, 6.45) is 7.26. The first kappa shape index (κ1) is 16.2. The fraction of sp³-hybridized carbons (Fsp3) is 0.812. The normalized spacial score (nSPS) is 27.8. The summed E-state index contributed by atoms with van der Waals surface area (Å²) < 4.78 is 2.08. The van der Waals surface area contributed by atoms with E-state index in [9.17, 15) is 9.90 Å². The van der Waals surface area contributed by atoms with Crippen molar-refractivity contribution >= 4 is 6.03 Å². The smallest absolute Gasteiger partial charge is 0.315 e. The maximum absolute atomic E-state index is 12.4. The van der Waals surface area contributed by atoms with Crippen molar-refractivity contribution in [3.05, 3.63) is 11.6 Å². The van der Waals surface area contributed by atoms with Gasteiger partial charge >= 0.3 is 6.03 Å². The Morgan fingerprint density at radius 1 is 1.17 bits per heavy atom. The highest BCUT2D eigenvalue weighted by molar-refractivity contribution is 5.74. The molecule has 23 heavy (non-hydrogen) atoms. The minimum Gasteiger partial charge on any atom is -0.396 e. The highest BCUT2D eigenvalue weighted by atomic mass is 16.3. The molecule has 3 atom stereocenters. The number of amides is 2. The maximum atomic E-state index is 12.4. The second-order valence-electron chi connectivity index (χ2n) is 6.76. The number of urea groups is 1. The molecule has 2 amide bonds. The van der Waals surface area contributed by atoms with Crippen LogP contribution in [0.25, 0.3) is 0 Å². The standard InChI is InChI=1S/C16H27N5O2/c1-11-19-20-15-14(8-5-9-21(11)15)18-16(23)17-13-7-4-2-3-6-12(13)10-22/h12-14,22H,2-10H2,1H3,(H2,17,18,23). The fourth-order valence-electron chi connectivity index (χ4n) is 3.81. The Kier molecular flexibility index (Phi) is 5.15. The van der Waals surface area contributed by atoms with Gasteiger partial charge in [0.2, 0.25) is 0 Å². The quantitative estimate of drug-likeness (QED) is 0.738. The zero-order valence-electron chi connectivity index (χ0n) is 13.8. The average molecular weight is 321 g/mol. The van der Waals surface area contributed by atoms with Crippen LogP contribution in [0.4, 0.5) is 4.79 Å². The number of hydrogen-bond donors (Lipinski definition) is 3. The first-order valence-corrected chi connectivity index (χ1v) is 8.76. The number of aromatic nitrogens is 3. The van der Waals surface area contributed by atoms with Crippen LogP contribution in [-0.2, 0) is 6.54 Å². The van der Waals surface area contributed by atoms with Crippen LogP contribution in [0.3, 0.4) is 0 Å². The van der Waals surface area contributed by atoms with Gasteiger partial charge in [0.05, 0.1) is 6.04 Å². The molecular formula is C16H27N5O2. The van der Waals surface area contributed by atoms with Gasteiger partial charge in [-0.05, 0) is 32.6 Å². The van der Waals surface area contributed by atoms with Crippen molar-refractivity contribution in [3.8, 4) is 0 Å². The molecule has 3 unspecified atom stereocenters. The molecule has 0 saturated heterocycles. The Morgan fingerprint density at radius 2 is 2.00 bits per heavy atom. The molecule has 0 radical (unpaired) electrons. The molecule has 7 nitrogen and oxygen atoms in total. The lowest BCUT2D eigenvalue weighted by molar-refractivity contribution is 0.177. The van der Waals surface area contributed by atoms with Gasteiger partial charge in [0, 0.05) is 25.1 Å². The molecule has 0 bridgehead atoms. The van der Waals surface area contributed by atoms with E-state index in [1.54, 1.807) is 0 Å². The van der Waals surface area contributed by atoms with Gasteiger partial charge < -0.3 is 20.3 Å². The van der Waals surface area contributed by atoms with E-state index in [0.717, 1.165) is 56.7 Å². The molecule has 128 valence electrons. The van der Waals surface area contributed by atoms with Crippen molar-refractivity contribution in [1.29, 1.82) is 0 Å². The molecule has 2 heterocycles. The molecule has 7 heteroatoms. The van der Waals surface area contributed by atoms with Gasteiger partial charge in [-0.3, -0.25) is 0 Å². The molecule has 1 aliphatic heterocycles. The molecule has 1 aromatic rings. The van der Waals surface area contributed by atoms with E-state index in [1.165, 1.54) is 6.42 Å². The lowest BCUT2D eigenvalue weighted by atomic mass is 9.96. The van der Waals surface area contributed by atoms with Gasteiger partial charge in [-0.1, -0.05) is 19.3 Å². The number of nitrogens with one attached hydrogen (secondary N) is 2. The minimum atomic E-state index is -0.158. The van der Waals surface area contributed by atoms with Gasteiger partial charge in [-0.15, -0.1) is 10.2 Å². The van der Waals surface area contributed by atoms with Gasteiger partial charge in [0.15, 0.2) is 5.82 Å². The Bertz CT molecular complexity index is 545. The first-order valence-electron chi connectivity index (χ1n) is 8.76. The predicted octanol–water partition coefficient (Wildman–Crippen LogP) is 1.66. The van der Waals surface area contributed by atoms with Crippen molar-refractivity contribution < 1.29 is 9.90 Å². The number of aliphatic hydroxyl groups excluding tert-OH is 1. The van der Waals surface area contributed by atoms with E-state index in [4.69, 9.17) is 0 Å². The SMILES string of the molecule is Cc1nnc2n1CCCC2NC(=O)NC1CCCCCC1CO. The maximum Gasteiger partial charge on any atom is 0.315 e. The van der Waals surface area contributed by atoms with Gasteiger partial charge in [0.1, 0.15) is 5.82 Å². The van der Waals surface area contributed by atoms with E-state index < -0.39 is 0 Å². The number of aliphatic hydroxyl groups is 1. The molecule has 2 aliphatic rings. The van der Waals surface area contributed by atoms with Crippen molar-refractivity contribution in [2.45, 2.75) is 70.5 Å². The Morgan fingerprint density at radius 3 is 2.83 bits per heavy atom. The summed E-state index contributed by atoms with van der Waals surface area (Å²) in [4.78, 5) is 12.4. The highest BCUT2D eigenvalue weighted by Gasteiger charge is 2.28. The lowest BCUT2D eigenvalue weighted by Crippen LogP contribution is -2.47. The van der Waals surface area contributed by atoms with Crippen LogP contribution in [0.1, 0.15) is 62.6 Å². The monoisotopic (exact) mass is 321 g/mol. The second kappa shape index (κ2) is 7.29. The van der Waals surface area contributed by atoms with Crippen LogP contribution in [0.5, 0.6) is 0 Å². The van der Waals surface area contributed by atoms with Gasteiger partial charge in [-0.25, -0.2) is 4.79 Å². The lowest BCUT2D eigenvalue weighted by Gasteiger charge is -2.28. The Balaban J connectivity index is 1.61. The van der Waals surface area contributed by atoms with E-state index in [0.29, 0.717) is 0 Å². The summed E-state index contributed by atoms with van der Waals surface area (Å²) in [5.74, 6) is 1.92. The van der Waals surface area contributed by atoms with Crippen LogP contribution in [-0.4, -0.2) is 38.6 Å². The molecular weight excluding hydrogens is 294 g/mol. The zero-order valence-corrected chi connectivity index (χ0v) is 13.8. The molecule has 0 spiro atoms. The summed E-state index contributed by atoms with van der Waals surface area (Å²) in [5, 5.41) is 24.0. The largest absolute Gasteiger partial charge is 0.396 e. The topological polar surface area (TPSA) is 92.1 Å². The molecule has 1 aliphatic carbocycles. The number of carbonyl (C=O) groups is 1. The number of aryl methyl sites for hydroxylation is 1. The Hall–Kier alpha value is -1.63. The number of carbonyl (C=O) groups excluding carboxylic acids is 1. The van der Waals surface area contributed by atoms with Crippen molar-refractivity contribution in [2.24, 2.45) is 5.92 Å². The highest BCUT2D eigenvalue weighted by Crippen LogP contribution is 2.25. The van der Waals surface area contributed by atoms with Crippen LogP contribution >= 0.6 is 0 Å². The van der Waals surface area contributed by atoms with Crippen LogP contribution in [0.2, 0.25) is 0 Å². The van der Waals surface area contributed by atoms with Crippen LogP contribution in [0.15, 0.2) is 0 Å². The van der Waals surface area contributed by atoms with E-state index in [1.807, 2.05) is 6.92 Å². The van der Waals surface area contributed by atoms with E-state index in [-0.39, 0.29) is 30.6 Å². The third-order valence-electron chi connectivity index (χ3n) is 5.17. The third kappa shape index (κ3) is 3.65. The van der Waals surface area contributed by atoms with Crippen molar-refractivity contribution in [1.82, 2.24) is 25.4 Å². The summed E-state index contributed by atoms with van der Waals surface area (Å²) >= 11 is 0. The van der Waals surface area contributed by atoms with Crippen LogP contribution < -0.4 is 10.6 Å². The summed E-state index contributed by atoms with van der Waals surface area (Å²) in [7, 11) is 0. The number of fused-ring (bicyclic) bond motifs is 1. The number of nitrogens with zero attached hydrogens (tertiary/aromatic N) is 3. The van der Waals surface area contributed by atoms with Crippen molar-refractivity contribution in [2.75, 3.05) is 6.61 Å². The first-order chi connectivity index (χ1) is 11.2. The third-order valence-corrected chi connectivity index (χ3v) is 5.17. The zero-order chi connectivity index (χ0) is 16.2. The molecule has 3 N–H and O–H groups in total. The molecule has 1 fully saturated rings.